The number of alkyl halides is 6. The van der Waals surface area contributed by atoms with Crippen molar-refractivity contribution >= 4 is 30.3 Å². The summed E-state index contributed by atoms with van der Waals surface area (Å²) in [6, 6.07) is 35.8. The Bertz CT molecular complexity index is 2280. The molecule has 7 rings (SSSR count). The number of halogens is 8. The van der Waals surface area contributed by atoms with Gasteiger partial charge in [0.1, 0.15) is 0 Å². The maximum atomic E-state index is 12.7. The molecule has 0 radical (unpaired) electrons. The van der Waals surface area contributed by atoms with Gasteiger partial charge in [-0.2, -0.15) is 11.6 Å². The number of fused-ring (bicyclic) bond motifs is 3. The Morgan fingerprint density at radius 2 is 1.00 bits per heavy atom. The number of benzene rings is 5. The van der Waals surface area contributed by atoms with Crippen LogP contribution in [0.5, 0.6) is 0 Å². The Morgan fingerprint density at radius 3 is 1.36 bits per heavy atom. The van der Waals surface area contributed by atoms with E-state index in [1.165, 1.54) is 73.6 Å². The molecule has 0 N–H and O–H groups in total. The van der Waals surface area contributed by atoms with E-state index in [0.717, 1.165) is 48.5 Å². The van der Waals surface area contributed by atoms with Crippen molar-refractivity contribution in [3.05, 3.63) is 178 Å². The van der Waals surface area contributed by atoms with Gasteiger partial charge >= 0.3 is 137 Å². The van der Waals surface area contributed by atoms with Crippen molar-refractivity contribution in [2.24, 2.45) is 5.92 Å². The maximum Gasteiger partial charge on any atom is -1.00 e. The Hall–Kier alpha value is -3.64. The predicted molar refractivity (Wildman–Crippen MR) is 217 cm³/mol. The van der Waals surface area contributed by atoms with Crippen molar-refractivity contribution in [1.82, 2.24) is 0 Å². The second kappa shape index (κ2) is 19.2. The Kier molecular flexibility index (Phi) is 16.1. The van der Waals surface area contributed by atoms with E-state index >= 15 is 0 Å². The zero-order valence-corrected chi connectivity index (χ0v) is 37.7. The second-order valence-electron chi connectivity index (χ2n) is 16.3. The van der Waals surface area contributed by atoms with Crippen LogP contribution >= 0.6 is 0 Å². The monoisotopic (exact) mass is 908 g/mol. The summed E-state index contributed by atoms with van der Waals surface area (Å²) < 4.78 is 76.7. The van der Waals surface area contributed by atoms with Gasteiger partial charge in [0, 0.05) is 0 Å². The first kappa shape index (κ1) is 48.7. The van der Waals surface area contributed by atoms with E-state index in [1.54, 1.807) is 0 Å². The van der Waals surface area contributed by atoms with Crippen LogP contribution in [0.1, 0.15) is 94.3 Å². The van der Waals surface area contributed by atoms with E-state index < -0.39 is 23.5 Å². The zero-order valence-electron chi connectivity index (χ0n) is 33.7. The largest absolute Gasteiger partial charge is 1.00 e. The van der Waals surface area contributed by atoms with Crippen LogP contribution in [0.4, 0.5) is 26.3 Å². The molecule has 6 aromatic carbocycles. The van der Waals surface area contributed by atoms with Crippen molar-refractivity contribution < 1.29 is 75.4 Å². The molecule has 1 atom stereocenters. The minimum Gasteiger partial charge on any atom is -1.00 e. The second-order valence-corrected chi connectivity index (χ2v) is 17.5. The molecule has 6 aromatic rings. The quantitative estimate of drug-likeness (QED) is 0.123. The van der Waals surface area contributed by atoms with Crippen molar-refractivity contribution in [2.75, 3.05) is 0 Å². The third-order valence-corrected chi connectivity index (χ3v) is 11.2. The first-order valence-electron chi connectivity index (χ1n) is 18.5. The zero-order chi connectivity index (χ0) is 41.2. The van der Waals surface area contributed by atoms with Gasteiger partial charge < -0.3 is 24.8 Å². The first-order valence-corrected chi connectivity index (χ1v) is 19.7. The number of rotatable bonds is 3. The summed E-state index contributed by atoms with van der Waals surface area (Å²) in [6.45, 7) is 17.9. The summed E-state index contributed by atoms with van der Waals surface area (Å²) >= 11 is 0.729. The average Bonchev–Trinajstić information content (AvgIpc) is 3.68. The van der Waals surface area contributed by atoms with Crippen LogP contribution in [0, 0.1) is 12.0 Å². The van der Waals surface area contributed by atoms with E-state index in [-0.39, 0.29) is 46.8 Å². The molecule has 0 saturated carbocycles. The van der Waals surface area contributed by atoms with Crippen molar-refractivity contribution in [2.45, 2.75) is 78.6 Å². The smallest absolute Gasteiger partial charge is 1.00 e. The Morgan fingerprint density at radius 1 is 0.569 bits per heavy atom. The molecule has 0 aromatic heterocycles. The summed E-state index contributed by atoms with van der Waals surface area (Å²) in [7, 11) is 0. The summed E-state index contributed by atoms with van der Waals surface area (Å²) in [4.78, 5) is 0. The number of allylic oxidation sites excluding steroid dienone is 4. The molecule has 0 fully saturated rings. The van der Waals surface area contributed by atoms with Gasteiger partial charge in [-0.1, -0.05) is 127 Å². The van der Waals surface area contributed by atoms with E-state index in [0.29, 0.717) is 9.12 Å². The number of hydrogen-bond acceptors (Lipinski definition) is 0. The SMILES string of the molecule is CC(C)(C)c1ccc2c(c1)[cH-]c1cc(C(C)(C)C)ccc12.CC1=[C-]C(C)C=C1c1ccccc1.FC(F)(F)c1cccc([C](=[Zr+2])c2cccc(C(F)(F)F)c2)c1.[Cl-].[Cl-]. The van der Waals surface area contributed by atoms with E-state index in [4.69, 9.17) is 0 Å². The fourth-order valence-corrected chi connectivity index (χ4v) is 7.35. The first-order chi connectivity index (χ1) is 26.0. The van der Waals surface area contributed by atoms with Crippen LogP contribution in [0.2, 0.25) is 0 Å². The van der Waals surface area contributed by atoms with Gasteiger partial charge in [0.05, 0.1) is 0 Å². The minimum absolute atomic E-state index is 0. The molecule has 0 heterocycles. The van der Waals surface area contributed by atoms with Gasteiger partial charge in [-0.25, -0.2) is 5.57 Å². The molecule has 0 bridgehead atoms. The molecule has 1 aliphatic rings. The summed E-state index contributed by atoms with van der Waals surface area (Å²) in [5.74, 6) is 0.468. The van der Waals surface area contributed by atoms with Gasteiger partial charge in [0.2, 0.25) is 0 Å². The third kappa shape index (κ3) is 12.2. The molecule has 0 saturated heterocycles. The summed E-state index contributed by atoms with van der Waals surface area (Å²) in [5.41, 5.74) is 6.03. The van der Waals surface area contributed by atoms with Crippen molar-refractivity contribution in [1.29, 1.82) is 0 Å². The minimum atomic E-state index is -4.49. The molecule has 0 spiro atoms. The van der Waals surface area contributed by atoms with Crippen molar-refractivity contribution in [3.63, 3.8) is 0 Å². The number of hydrogen-bond donors (Lipinski definition) is 0. The van der Waals surface area contributed by atoms with Crippen LogP contribution in [0.15, 0.2) is 133 Å². The van der Waals surface area contributed by atoms with Crippen LogP contribution in [-0.2, 0) is 47.4 Å². The standard InChI is InChI=1S/C21H25.C15H8F6.C13H13.2ClH.Zr/c1-20(2,3)16-7-9-18-14(12-16)11-15-13-17(21(4,5)6)8-10-19(15)18;16-14(17,18)12-5-1-3-10(8-12)7-11-4-2-6-13(9-11)15(19,20)21;1-10-8-11(2)13(9-10)12-6-4-3-5-7-12;;;/h7-13H,1-6H3;1-6,8-9H;3-7,9-10H,1-2H3;2*1H;/q-1;;-1;;;+2/p-2. The molecule has 1 unspecified atom stereocenters. The van der Waals surface area contributed by atoms with Gasteiger partial charge in [0.25, 0.3) is 0 Å². The maximum absolute atomic E-state index is 12.7. The van der Waals surface area contributed by atoms with Gasteiger partial charge in [-0.3, -0.25) is 6.08 Å². The molecular weight excluding hydrogens is 865 g/mol. The molecule has 0 nitrogen and oxygen atoms in total. The van der Waals surface area contributed by atoms with Crippen LogP contribution in [0.3, 0.4) is 0 Å². The molecule has 9 heteroatoms. The summed E-state index contributed by atoms with van der Waals surface area (Å²) in [6.07, 6.45) is -3.31. The van der Waals surface area contributed by atoms with E-state index in [1.807, 2.05) is 6.07 Å². The van der Waals surface area contributed by atoms with Crippen LogP contribution in [0.25, 0.3) is 27.1 Å². The van der Waals surface area contributed by atoms with Gasteiger partial charge in [-0.15, -0.1) is 45.3 Å². The van der Waals surface area contributed by atoms with Gasteiger partial charge in [0.15, 0.2) is 0 Å². The molecule has 1 aliphatic carbocycles. The molecule has 304 valence electrons. The molecule has 58 heavy (non-hydrogen) atoms. The van der Waals surface area contributed by atoms with Gasteiger partial charge in [-0.05, 0) is 10.8 Å². The summed E-state index contributed by atoms with van der Waals surface area (Å²) in [5, 5.41) is 5.48. The fraction of sp³-hybridized carbons (Fsp3) is 0.265. The normalized spacial score (nSPS) is 14.2. The Balaban J connectivity index is 0.000000236. The van der Waals surface area contributed by atoms with E-state index in [2.05, 4.69) is 134 Å². The Labute approximate surface area is 366 Å². The predicted octanol–water partition coefficient (Wildman–Crippen LogP) is 8.62. The molecular formula is C49H46Cl2F6Zr-2. The molecule has 0 aliphatic heterocycles. The average molecular weight is 911 g/mol. The van der Waals surface area contributed by atoms with Crippen LogP contribution < -0.4 is 24.8 Å². The molecule has 0 amide bonds. The fourth-order valence-electron chi connectivity index (χ4n) is 6.59. The topological polar surface area (TPSA) is 0 Å². The van der Waals surface area contributed by atoms with Crippen molar-refractivity contribution in [3.8, 4) is 0 Å². The van der Waals surface area contributed by atoms with E-state index in [9.17, 15) is 26.3 Å². The van der Waals surface area contributed by atoms with Crippen LogP contribution in [-0.4, -0.2) is 3.21 Å². The third-order valence-electron chi connectivity index (χ3n) is 9.74.